The van der Waals surface area contributed by atoms with Gasteiger partial charge in [-0.3, -0.25) is 14.9 Å². The van der Waals surface area contributed by atoms with E-state index in [1.54, 1.807) is 6.07 Å². The number of nitrogens with zero attached hydrogens (tertiary/aromatic N) is 2. The number of hydrogen-bond acceptors (Lipinski definition) is 3. The highest BCUT2D eigenvalue weighted by molar-refractivity contribution is 14.1. The first-order valence-electron chi connectivity index (χ1n) is 5.80. The van der Waals surface area contributed by atoms with E-state index in [-0.39, 0.29) is 11.6 Å². The molecule has 20 heavy (non-hydrogen) atoms. The molecule has 1 aromatic heterocycles. The lowest BCUT2D eigenvalue weighted by molar-refractivity contribution is -0.384. The van der Waals surface area contributed by atoms with Gasteiger partial charge in [-0.1, -0.05) is 0 Å². The molecule has 0 aliphatic heterocycles. The van der Waals surface area contributed by atoms with E-state index in [1.165, 1.54) is 12.1 Å². The Kier molecular flexibility index (Phi) is 4.38. The number of rotatable bonds is 4. The third-order valence-electron chi connectivity index (χ3n) is 2.75. The Morgan fingerprint density at radius 2 is 2.20 bits per heavy atom. The highest BCUT2D eigenvalue weighted by atomic mass is 127. The van der Waals surface area contributed by atoms with Crippen LogP contribution in [-0.2, 0) is 13.6 Å². The number of non-ortho nitro benzene ring substituents is 1. The predicted octanol–water partition coefficient (Wildman–Crippen LogP) is 2.47. The Labute approximate surface area is 129 Å². The van der Waals surface area contributed by atoms with Gasteiger partial charge in [-0.15, -0.1) is 0 Å². The number of nitrogens with one attached hydrogen (secondary N) is 1. The Balaban J connectivity index is 2.12. The van der Waals surface area contributed by atoms with Gasteiger partial charge in [0.25, 0.3) is 11.6 Å². The number of halogens is 1. The predicted molar refractivity (Wildman–Crippen MR) is 82.4 cm³/mol. The van der Waals surface area contributed by atoms with E-state index in [0.29, 0.717) is 15.7 Å². The maximum absolute atomic E-state index is 12.1. The van der Waals surface area contributed by atoms with E-state index >= 15 is 0 Å². The van der Waals surface area contributed by atoms with E-state index < -0.39 is 4.92 Å². The third kappa shape index (κ3) is 3.35. The van der Waals surface area contributed by atoms with Crippen LogP contribution in [0.3, 0.4) is 0 Å². The SMILES string of the molecule is Cn1ccc(CNC(=O)c2cc([N+](=O)[O-])ccc2I)c1. The highest BCUT2D eigenvalue weighted by Crippen LogP contribution is 2.19. The molecule has 0 aliphatic carbocycles. The number of carbonyl (C=O) groups is 1. The molecule has 0 atom stereocenters. The molecule has 1 N–H and O–H groups in total. The van der Waals surface area contributed by atoms with Crippen LogP contribution in [-0.4, -0.2) is 15.4 Å². The van der Waals surface area contributed by atoms with Crippen molar-refractivity contribution in [1.29, 1.82) is 0 Å². The van der Waals surface area contributed by atoms with Crippen molar-refractivity contribution in [3.8, 4) is 0 Å². The average Bonchev–Trinajstić information content (AvgIpc) is 2.82. The summed E-state index contributed by atoms with van der Waals surface area (Å²) >= 11 is 1.99. The van der Waals surface area contributed by atoms with Gasteiger partial charge in [-0.05, 0) is 40.3 Å². The van der Waals surface area contributed by atoms with Gasteiger partial charge in [0.15, 0.2) is 0 Å². The molecule has 0 spiro atoms. The molecule has 0 bridgehead atoms. The molecule has 2 aromatic rings. The highest BCUT2D eigenvalue weighted by Gasteiger charge is 2.15. The number of amides is 1. The van der Waals surface area contributed by atoms with Gasteiger partial charge in [0.05, 0.1) is 10.5 Å². The van der Waals surface area contributed by atoms with Gasteiger partial charge in [-0.2, -0.15) is 0 Å². The molecule has 0 saturated heterocycles. The van der Waals surface area contributed by atoms with Crippen molar-refractivity contribution in [2.45, 2.75) is 6.54 Å². The summed E-state index contributed by atoms with van der Waals surface area (Å²) in [4.78, 5) is 22.3. The van der Waals surface area contributed by atoms with Crippen LogP contribution in [0.15, 0.2) is 36.7 Å². The molecule has 0 unspecified atom stereocenters. The van der Waals surface area contributed by atoms with Gasteiger partial charge < -0.3 is 9.88 Å². The fourth-order valence-electron chi connectivity index (χ4n) is 1.74. The van der Waals surface area contributed by atoms with Gasteiger partial charge >= 0.3 is 0 Å². The molecule has 104 valence electrons. The van der Waals surface area contributed by atoms with Gasteiger partial charge in [0, 0.05) is 41.7 Å². The summed E-state index contributed by atoms with van der Waals surface area (Å²) in [6.45, 7) is 0.387. The summed E-state index contributed by atoms with van der Waals surface area (Å²) in [5, 5.41) is 13.5. The topological polar surface area (TPSA) is 77.2 Å². The fourth-order valence-corrected chi connectivity index (χ4v) is 2.32. The third-order valence-corrected chi connectivity index (χ3v) is 3.69. The Bertz CT molecular complexity index is 667. The first-order chi connectivity index (χ1) is 9.47. The number of aryl methyl sites for hydroxylation is 1. The minimum absolute atomic E-state index is 0.0877. The molecule has 0 radical (unpaired) electrons. The Hall–Kier alpha value is -1.90. The summed E-state index contributed by atoms with van der Waals surface area (Å²) in [5.41, 5.74) is 1.20. The van der Waals surface area contributed by atoms with Crippen molar-refractivity contribution in [2.75, 3.05) is 0 Å². The second-order valence-electron chi connectivity index (χ2n) is 4.29. The average molecular weight is 385 g/mol. The molecule has 0 fully saturated rings. The van der Waals surface area contributed by atoms with E-state index in [9.17, 15) is 14.9 Å². The first kappa shape index (κ1) is 14.5. The van der Waals surface area contributed by atoms with Crippen LogP contribution in [0.2, 0.25) is 0 Å². The minimum Gasteiger partial charge on any atom is -0.357 e. The van der Waals surface area contributed by atoms with Crippen molar-refractivity contribution >= 4 is 34.2 Å². The van der Waals surface area contributed by atoms with Crippen LogP contribution in [0.1, 0.15) is 15.9 Å². The molecule has 0 aliphatic rings. The zero-order valence-corrected chi connectivity index (χ0v) is 12.8. The largest absolute Gasteiger partial charge is 0.357 e. The summed E-state index contributed by atoms with van der Waals surface area (Å²) in [6, 6.07) is 6.15. The summed E-state index contributed by atoms with van der Waals surface area (Å²) in [6.07, 6.45) is 3.79. The Morgan fingerprint density at radius 1 is 1.45 bits per heavy atom. The molecule has 7 heteroatoms. The van der Waals surface area contributed by atoms with Crippen molar-refractivity contribution in [2.24, 2.45) is 7.05 Å². The zero-order chi connectivity index (χ0) is 14.7. The Morgan fingerprint density at radius 3 is 2.80 bits per heavy atom. The van der Waals surface area contributed by atoms with Crippen LogP contribution in [0.5, 0.6) is 0 Å². The van der Waals surface area contributed by atoms with Crippen LogP contribution in [0.4, 0.5) is 5.69 Å². The molecule has 1 heterocycles. The zero-order valence-electron chi connectivity index (χ0n) is 10.7. The maximum Gasteiger partial charge on any atom is 0.270 e. The minimum atomic E-state index is -0.510. The first-order valence-corrected chi connectivity index (χ1v) is 6.88. The molecule has 1 amide bonds. The van der Waals surface area contributed by atoms with Crippen LogP contribution >= 0.6 is 22.6 Å². The molecular formula is C13H12IN3O3. The van der Waals surface area contributed by atoms with Gasteiger partial charge in [0.2, 0.25) is 0 Å². The van der Waals surface area contributed by atoms with E-state index in [0.717, 1.165) is 5.56 Å². The number of benzene rings is 1. The number of nitro groups is 1. The number of hydrogen-bond donors (Lipinski definition) is 1. The van der Waals surface area contributed by atoms with Crippen LogP contribution < -0.4 is 5.32 Å². The van der Waals surface area contributed by atoms with E-state index in [4.69, 9.17) is 0 Å². The second kappa shape index (κ2) is 6.04. The summed E-state index contributed by atoms with van der Waals surface area (Å²) in [7, 11) is 1.90. The lowest BCUT2D eigenvalue weighted by Crippen LogP contribution is -2.23. The molecule has 2 rings (SSSR count). The van der Waals surface area contributed by atoms with Crippen LogP contribution in [0.25, 0.3) is 0 Å². The van der Waals surface area contributed by atoms with Crippen molar-refractivity contribution < 1.29 is 9.72 Å². The van der Waals surface area contributed by atoms with E-state index in [2.05, 4.69) is 5.32 Å². The van der Waals surface area contributed by atoms with Gasteiger partial charge in [0.1, 0.15) is 0 Å². The number of nitro benzene ring substituents is 1. The number of aromatic nitrogens is 1. The second-order valence-corrected chi connectivity index (χ2v) is 5.45. The maximum atomic E-state index is 12.1. The van der Waals surface area contributed by atoms with Crippen LogP contribution in [0, 0.1) is 13.7 Å². The lowest BCUT2D eigenvalue weighted by atomic mass is 10.2. The summed E-state index contributed by atoms with van der Waals surface area (Å²) < 4.78 is 2.57. The molecular weight excluding hydrogens is 373 g/mol. The summed E-state index contributed by atoms with van der Waals surface area (Å²) in [5.74, 6) is -0.318. The van der Waals surface area contributed by atoms with Crippen molar-refractivity contribution in [3.63, 3.8) is 0 Å². The quantitative estimate of drug-likeness (QED) is 0.499. The fraction of sp³-hybridized carbons (Fsp3) is 0.154. The smallest absolute Gasteiger partial charge is 0.270 e. The molecule has 1 aromatic carbocycles. The molecule has 6 nitrogen and oxygen atoms in total. The lowest BCUT2D eigenvalue weighted by Gasteiger charge is -2.06. The monoisotopic (exact) mass is 385 g/mol. The van der Waals surface area contributed by atoms with E-state index in [1.807, 2.05) is 52.7 Å². The standard InChI is InChI=1S/C13H12IN3O3/c1-16-5-4-9(8-16)7-15-13(18)11-6-10(17(19)20)2-3-12(11)14/h2-6,8H,7H2,1H3,(H,15,18). The number of carbonyl (C=O) groups excluding carboxylic acids is 1. The van der Waals surface area contributed by atoms with Crippen molar-refractivity contribution in [1.82, 2.24) is 9.88 Å². The normalized spacial score (nSPS) is 10.3. The van der Waals surface area contributed by atoms with Crippen molar-refractivity contribution in [3.05, 3.63) is 61.5 Å². The van der Waals surface area contributed by atoms with Gasteiger partial charge in [-0.25, -0.2) is 0 Å². The molecule has 0 saturated carbocycles.